The van der Waals surface area contributed by atoms with E-state index >= 15 is 0 Å². The molecule has 2 amide bonds. The lowest BCUT2D eigenvalue weighted by atomic mass is 10.2. The summed E-state index contributed by atoms with van der Waals surface area (Å²) < 4.78 is 0. The van der Waals surface area contributed by atoms with E-state index in [0.29, 0.717) is 6.54 Å². The van der Waals surface area contributed by atoms with Crippen molar-refractivity contribution in [3.05, 3.63) is 59.7 Å². The van der Waals surface area contributed by atoms with E-state index in [0.717, 1.165) is 0 Å². The molecule has 2 rings (SSSR count). The van der Waals surface area contributed by atoms with Gasteiger partial charge in [0.15, 0.2) is 0 Å². The van der Waals surface area contributed by atoms with Crippen LogP contribution in [0.3, 0.4) is 0 Å². The van der Waals surface area contributed by atoms with E-state index in [2.05, 4.69) is 0 Å². The van der Waals surface area contributed by atoms with Crippen LogP contribution in [0.1, 0.15) is 27.6 Å². The van der Waals surface area contributed by atoms with Crippen molar-refractivity contribution in [1.82, 2.24) is 0 Å². The number of benzene rings is 2. The molecular formula is C17H24N4O4. The second-order valence-electron chi connectivity index (χ2n) is 4.98. The van der Waals surface area contributed by atoms with Crippen molar-refractivity contribution < 1.29 is 19.8 Å². The van der Waals surface area contributed by atoms with Gasteiger partial charge in [0.1, 0.15) is 11.5 Å². The first-order valence-electron chi connectivity index (χ1n) is 7.31. The fourth-order valence-corrected chi connectivity index (χ4v) is 1.36. The number of rotatable bonds is 3. The highest BCUT2D eigenvalue weighted by molar-refractivity contribution is 5.95. The first-order chi connectivity index (χ1) is 11.7. The molecule has 1 atom stereocenters. The normalized spacial score (nSPS) is 10.4. The molecule has 0 saturated carbocycles. The summed E-state index contributed by atoms with van der Waals surface area (Å²) in [5.41, 5.74) is 20.4. The summed E-state index contributed by atoms with van der Waals surface area (Å²) in [6, 6.07) is 12.5. The van der Waals surface area contributed by atoms with E-state index in [1.165, 1.54) is 24.3 Å². The van der Waals surface area contributed by atoms with Gasteiger partial charge in [-0.05, 0) is 31.2 Å². The number of hydrogen-bond acceptors (Lipinski definition) is 6. The van der Waals surface area contributed by atoms with Gasteiger partial charge in [0.25, 0.3) is 11.8 Å². The number of primary amides is 2. The Morgan fingerprint density at radius 1 is 0.880 bits per heavy atom. The SMILES string of the molecule is CC(N)CN.NC(=O)c1ccccc1O.NC(=O)c1ccccc1O. The van der Waals surface area contributed by atoms with Crippen molar-refractivity contribution in [3.8, 4) is 11.5 Å². The zero-order chi connectivity index (χ0) is 19.4. The van der Waals surface area contributed by atoms with Crippen LogP contribution in [0.2, 0.25) is 0 Å². The van der Waals surface area contributed by atoms with Gasteiger partial charge < -0.3 is 33.1 Å². The summed E-state index contributed by atoms with van der Waals surface area (Å²) in [5.74, 6) is -1.37. The Kier molecular flexibility index (Phi) is 10.0. The van der Waals surface area contributed by atoms with Crippen molar-refractivity contribution in [1.29, 1.82) is 0 Å². The van der Waals surface area contributed by atoms with Crippen LogP contribution >= 0.6 is 0 Å². The first-order valence-corrected chi connectivity index (χ1v) is 7.31. The molecule has 0 heterocycles. The third kappa shape index (κ3) is 8.94. The Balaban J connectivity index is 0.000000368. The highest BCUT2D eigenvalue weighted by Crippen LogP contribution is 2.14. The Morgan fingerprint density at radius 2 is 1.16 bits per heavy atom. The largest absolute Gasteiger partial charge is 0.507 e. The highest BCUT2D eigenvalue weighted by atomic mass is 16.3. The van der Waals surface area contributed by atoms with Gasteiger partial charge in [-0.15, -0.1) is 0 Å². The maximum atomic E-state index is 10.5. The summed E-state index contributed by atoms with van der Waals surface area (Å²) >= 11 is 0. The molecule has 1 unspecified atom stereocenters. The van der Waals surface area contributed by atoms with Crippen LogP contribution in [0.25, 0.3) is 0 Å². The van der Waals surface area contributed by atoms with Crippen molar-refractivity contribution >= 4 is 11.8 Å². The molecule has 8 heteroatoms. The van der Waals surface area contributed by atoms with Crippen LogP contribution in [0.4, 0.5) is 0 Å². The van der Waals surface area contributed by atoms with Gasteiger partial charge in [0.2, 0.25) is 0 Å². The fourth-order valence-electron chi connectivity index (χ4n) is 1.36. The van der Waals surface area contributed by atoms with Crippen LogP contribution in [-0.2, 0) is 0 Å². The predicted octanol–water partition coefficient (Wildman–Crippen LogP) is 0.275. The molecule has 2 aromatic carbocycles. The number of carbonyl (C=O) groups excluding carboxylic acids is 2. The van der Waals surface area contributed by atoms with Crippen LogP contribution in [0.15, 0.2) is 48.5 Å². The minimum absolute atomic E-state index is 0.0741. The van der Waals surface area contributed by atoms with E-state index in [9.17, 15) is 9.59 Å². The Morgan fingerprint density at radius 3 is 1.32 bits per heavy atom. The van der Waals surface area contributed by atoms with E-state index in [1.807, 2.05) is 6.92 Å². The van der Waals surface area contributed by atoms with Crippen LogP contribution in [-0.4, -0.2) is 34.6 Å². The molecule has 0 aliphatic rings. The second kappa shape index (κ2) is 11.4. The van der Waals surface area contributed by atoms with Crippen molar-refractivity contribution in [3.63, 3.8) is 0 Å². The zero-order valence-electron chi connectivity index (χ0n) is 13.9. The summed E-state index contributed by atoms with van der Waals surface area (Å²) in [5, 5.41) is 18.0. The molecule has 0 saturated heterocycles. The Hall–Kier alpha value is -3.10. The third-order valence-electron chi connectivity index (χ3n) is 2.71. The number of para-hydroxylation sites is 2. The lowest BCUT2D eigenvalue weighted by molar-refractivity contribution is 0.0989. The lowest BCUT2D eigenvalue weighted by Gasteiger charge is -1.96. The molecule has 25 heavy (non-hydrogen) atoms. The third-order valence-corrected chi connectivity index (χ3v) is 2.71. The fraction of sp³-hybridized carbons (Fsp3) is 0.176. The van der Waals surface area contributed by atoms with Gasteiger partial charge in [-0.2, -0.15) is 0 Å². The van der Waals surface area contributed by atoms with E-state index in [-0.39, 0.29) is 28.7 Å². The number of phenols is 2. The molecule has 0 fully saturated rings. The lowest BCUT2D eigenvalue weighted by Crippen LogP contribution is -2.25. The molecular weight excluding hydrogens is 324 g/mol. The van der Waals surface area contributed by atoms with Gasteiger partial charge in [-0.3, -0.25) is 9.59 Å². The summed E-state index contributed by atoms with van der Waals surface area (Å²) in [7, 11) is 0. The predicted molar refractivity (Wildman–Crippen MR) is 96.0 cm³/mol. The molecule has 0 spiro atoms. The monoisotopic (exact) mass is 348 g/mol. The zero-order valence-corrected chi connectivity index (χ0v) is 13.9. The molecule has 10 N–H and O–H groups in total. The number of carbonyl (C=O) groups is 2. The van der Waals surface area contributed by atoms with Crippen molar-refractivity contribution in [2.75, 3.05) is 6.54 Å². The Bertz CT molecular complexity index is 634. The molecule has 0 aliphatic carbocycles. The van der Waals surface area contributed by atoms with Crippen molar-refractivity contribution in [2.24, 2.45) is 22.9 Å². The number of hydrogen-bond donors (Lipinski definition) is 6. The van der Waals surface area contributed by atoms with Gasteiger partial charge in [0.05, 0.1) is 11.1 Å². The molecule has 8 nitrogen and oxygen atoms in total. The topological polar surface area (TPSA) is 179 Å². The molecule has 0 radical (unpaired) electrons. The molecule has 0 bridgehead atoms. The second-order valence-corrected chi connectivity index (χ2v) is 4.98. The van der Waals surface area contributed by atoms with Gasteiger partial charge >= 0.3 is 0 Å². The van der Waals surface area contributed by atoms with Crippen LogP contribution in [0.5, 0.6) is 11.5 Å². The Labute approximate surface area is 146 Å². The van der Waals surface area contributed by atoms with Gasteiger partial charge in [0, 0.05) is 12.6 Å². The van der Waals surface area contributed by atoms with E-state index in [4.69, 9.17) is 33.1 Å². The summed E-state index contributed by atoms with van der Waals surface area (Å²) in [6.07, 6.45) is 0. The maximum absolute atomic E-state index is 10.5. The van der Waals surface area contributed by atoms with Gasteiger partial charge in [-0.1, -0.05) is 24.3 Å². The average molecular weight is 348 g/mol. The minimum atomic E-state index is -0.613. The highest BCUT2D eigenvalue weighted by Gasteiger charge is 2.04. The van der Waals surface area contributed by atoms with E-state index in [1.54, 1.807) is 24.3 Å². The summed E-state index contributed by atoms with van der Waals surface area (Å²) in [6.45, 7) is 2.46. The van der Waals surface area contributed by atoms with Gasteiger partial charge in [-0.25, -0.2) is 0 Å². The van der Waals surface area contributed by atoms with Crippen LogP contribution in [0, 0.1) is 0 Å². The molecule has 2 aromatic rings. The maximum Gasteiger partial charge on any atom is 0.252 e. The van der Waals surface area contributed by atoms with E-state index < -0.39 is 11.8 Å². The molecule has 136 valence electrons. The standard InChI is InChI=1S/2C7H7NO2.C3H10N2/c2*8-7(10)5-3-1-2-4-6(5)9;1-3(5)2-4/h2*1-4,9H,(H2,8,10);3H,2,4-5H2,1H3. The van der Waals surface area contributed by atoms with Crippen molar-refractivity contribution in [2.45, 2.75) is 13.0 Å². The smallest absolute Gasteiger partial charge is 0.252 e. The minimum Gasteiger partial charge on any atom is -0.507 e. The molecule has 0 aliphatic heterocycles. The number of nitrogens with two attached hydrogens (primary N) is 4. The average Bonchev–Trinajstić information content (AvgIpc) is 2.56. The number of aromatic hydroxyl groups is 2. The quantitative estimate of drug-likeness (QED) is 0.463. The first kappa shape index (κ1) is 21.9. The molecule has 0 aromatic heterocycles. The number of amides is 2. The van der Waals surface area contributed by atoms with Crippen LogP contribution < -0.4 is 22.9 Å². The summed E-state index contributed by atoms with van der Waals surface area (Å²) in [4.78, 5) is 21.0.